The lowest BCUT2D eigenvalue weighted by atomic mass is 10.1. The Morgan fingerprint density at radius 3 is 2.76 bits per heavy atom. The molecule has 3 nitrogen and oxygen atoms in total. The van der Waals surface area contributed by atoms with E-state index in [1.165, 1.54) is 12.1 Å². The minimum Gasteiger partial charge on any atom is -0.323 e. The number of pyridine rings is 1. The SMILES string of the molecule is CCCc1cc(NN)c2c(C)cc(F)cc2n1. The molecule has 0 amide bonds. The fourth-order valence-electron chi connectivity index (χ4n) is 2.09. The van der Waals surface area contributed by atoms with E-state index in [9.17, 15) is 4.39 Å². The molecule has 2 aromatic rings. The maximum atomic E-state index is 13.4. The summed E-state index contributed by atoms with van der Waals surface area (Å²) in [4.78, 5) is 4.46. The van der Waals surface area contributed by atoms with E-state index in [1.807, 2.05) is 13.0 Å². The van der Waals surface area contributed by atoms with Gasteiger partial charge < -0.3 is 5.43 Å². The molecule has 0 aliphatic rings. The standard InChI is InChI=1S/C13H16FN3/c1-3-4-10-7-12(17-15)13-8(2)5-9(14)6-11(13)16-10/h5-7H,3-4,15H2,1-2H3,(H,16,17). The minimum absolute atomic E-state index is 0.265. The van der Waals surface area contributed by atoms with E-state index in [2.05, 4.69) is 17.3 Å². The Hall–Kier alpha value is -1.68. The lowest BCUT2D eigenvalue weighted by molar-refractivity contribution is 0.628. The molecule has 0 fully saturated rings. The van der Waals surface area contributed by atoms with Gasteiger partial charge in [0, 0.05) is 17.1 Å². The number of fused-ring (bicyclic) bond motifs is 1. The first-order valence-electron chi connectivity index (χ1n) is 5.72. The number of benzene rings is 1. The van der Waals surface area contributed by atoms with Crippen molar-refractivity contribution in [1.82, 2.24) is 4.98 Å². The maximum absolute atomic E-state index is 13.4. The highest BCUT2D eigenvalue weighted by molar-refractivity contribution is 5.94. The van der Waals surface area contributed by atoms with Crippen LogP contribution in [0.5, 0.6) is 0 Å². The Morgan fingerprint density at radius 1 is 1.35 bits per heavy atom. The van der Waals surface area contributed by atoms with E-state index in [0.29, 0.717) is 5.52 Å². The number of hydrogen-bond acceptors (Lipinski definition) is 3. The van der Waals surface area contributed by atoms with Gasteiger partial charge >= 0.3 is 0 Å². The van der Waals surface area contributed by atoms with Crippen LogP contribution in [0.1, 0.15) is 24.6 Å². The van der Waals surface area contributed by atoms with Crippen molar-refractivity contribution in [1.29, 1.82) is 0 Å². The number of nitrogens with one attached hydrogen (secondary N) is 1. The zero-order valence-corrected chi connectivity index (χ0v) is 10.0. The second kappa shape index (κ2) is 4.67. The van der Waals surface area contributed by atoms with Gasteiger partial charge in [0.25, 0.3) is 0 Å². The molecule has 0 radical (unpaired) electrons. The maximum Gasteiger partial charge on any atom is 0.125 e. The van der Waals surface area contributed by atoms with Gasteiger partial charge in [-0.05, 0) is 31.0 Å². The van der Waals surface area contributed by atoms with Crippen LogP contribution in [-0.2, 0) is 6.42 Å². The third kappa shape index (κ3) is 2.22. The van der Waals surface area contributed by atoms with Gasteiger partial charge in [-0.15, -0.1) is 0 Å². The highest BCUT2D eigenvalue weighted by Crippen LogP contribution is 2.27. The minimum atomic E-state index is -0.265. The van der Waals surface area contributed by atoms with E-state index in [4.69, 9.17) is 5.84 Å². The van der Waals surface area contributed by atoms with Crippen molar-refractivity contribution in [2.45, 2.75) is 26.7 Å². The van der Waals surface area contributed by atoms with Crippen LogP contribution in [0.15, 0.2) is 18.2 Å². The van der Waals surface area contributed by atoms with Gasteiger partial charge in [-0.3, -0.25) is 10.8 Å². The molecule has 0 spiro atoms. The lowest BCUT2D eigenvalue weighted by Gasteiger charge is -2.11. The van der Waals surface area contributed by atoms with Crippen molar-refractivity contribution in [3.63, 3.8) is 0 Å². The topological polar surface area (TPSA) is 50.9 Å². The summed E-state index contributed by atoms with van der Waals surface area (Å²) >= 11 is 0. The molecule has 0 atom stereocenters. The quantitative estimate of drug-likeness (QED) is 0.633. The van der Waals surface area contributed by atoms with E-state index in [-0.39, 0.29) is 5.82 Å². The molecule has 0 saturated heterocycles. The summed E-state index contributed by atoms with van der Waals surface area (Å²) in [7, 11) is 0. The van der Waals surface area contributed by atoms with Crippen LogP contribution in [0.3, 0.4) is 0 Å². The third-order valence-electron chi connectivity index (χ3n) is 2.79. The first-order valence-corrected chi connectivity index (χ1v) is 5.72. The number of anilines is 1. The van der Waals surface area contributed by atoms with Crippen LogP contribution in [0.2, 0.25) is 0 Å². The predicted molar refractivity (Wildman–Crippen MR) is 68.2 cm³/mol. The second-order valence-electron chi connectivity index (χ2n) is 4.17. The Bertz CT molecular complexity index is 552. The number of hydrogen-bond donors (Lipinski definition) is 2. The Balaban J connectivity index is 2.73. The Kier molecular flexibility index (Phi) is 3.24. The molecule has 0 aliphatic heterocycles. The van der Waals surface area contributed by atoms with Crippen LogP contribution in [-0.4, -0.2) is 4.98 Å². The van der Waals surface area contributed by atoms with Crippen molar-refractivity contribution in [3.05, 3.63) is 35.3 Å². The normalized spacial score (nSPS) is 10.8. The molecule has 1 heterocycles. The number of nitrogens with two attached hydrogens (primary N) is 1. The lowest BCUT2D eigenvalue weighted by Crippen LogP contribution is -2.09. The second-order valence-corrected chi connectivity index (χ2v) is 4.17. The van der Waals surface area contributed by atoms with Gasteiger partial charge in [0.15, 0.2) is 0 Å². The Morgan fingerprint density at radius 2 is 2.12 bits per heavy atom. The van der Waals surface area contributed by atoms with Gasteiger partial charge in [-0.1, -0.05) is 13.3 Å². The van der Waals surface area contributed by atoms with Gasteiger partial charge in [0.2, 0.25) is 0 Å². The molecule has 17 heavy (non-hydrogen) atoms. The van der Waals surface area contributed by atoms with Crippen LogP contribution < -0.4 is 11.3 Å². The van der Waals surface area contributed by atoms with Gasteiger partial charge in [-0.2, -0.15) is 0 Å². The van der Waals surface area contributed by atoms with Crippen LogP contribution in [0, 0.1) is 12.7 Å². The average Bonchev–Trinajstić information content (AvgIpc) is 2.27. The van der Waals surface area contributed by atoms with Crippen molar-refractivity contribution >= 4 is 16.6 Å². The number of nitrogens with zero attached hydrogens (tertiary/aromatic N) is 1. The molecule has 1 aromatic carbocycles. The van der Waals surface area contributed by atoms with Crippen LogP contribution in [0.25, 0.3) is 10.9 Å². The van der Waals surface area contributed by atoms with E-state index in [1.54, 1.807) is 0 Å². The summed E-state index contributed by atoms with van der Waals surface area (Å²) in [6.45, 7) is 3.94. The average molecular weight is 233 g/mol. The van der Waals surface area contributed by atoms with Gasteiger partial charge in [0.1, 0.15) is 5.82 Å². The van der Waals surface area contributed by atoms with Crippen LogP contribution >= 0.6 is 0 Å². The van der Waals surface area contributed by atoms with E-state index < -0.39 is 0 Å². The summed E-state index contributed by atoms with van der Waals surface area (Å²) in [6.07, 6.45) is 1.86. The summed E-state index contributed by atoms with van der Waals surface area (Å²) < 4.78 is 13.4. The molecule has 1 aromatic heterocycles. The van der Waals surface area contributed by atoms with E-state index >= 15 is 0 Å². The molecular weight excluding hydrogens is 217 g/mol. The molecule has 0 aliphatic carbocycles. The number of nitrogen functional groups attached to an aromatic ring is 1. The highest BCUT2D eigenvalue weighted by Gasteiger charge is 2.09. The number of hydrazine groups is 1. The third-order valence-corrected chi connectivity index (χ3v) is 2.79. The largest absolute Gasteiger partial charge is 0.323 e. The molecule has 90 valence electrons. The number of rotatable bonds is 3. The fraction of sp³-hybridized carbons (Fsp3) is 0.308. The molecule has 3 N–H and O–H groups in total. The number of halogens is 1. The molecule has 4 heteroatoms. The monoisotopic (exact) mass is 233 g/mol. The smallest absolute Gasteiger partial charge is 0.125 e. The van der Waals surface area contributed by atoms with Gasteiger partial charge in [0.05, 0.1) is 11.2 Å². The number of aryl methyl sites for hydroxylation is 2. The van der Waals surface area contributed by atoms with Crippen molar-refractivity contribution in [2.75, 3.05) is 5.43 Å². The Labute approximate surface area is 99.8 Å². The molecular formula is C13H16FN3. The highest BCUT2D eigenvalue weighted by atomic mass is 19.1. The summed E-state index contributed by atoms with van der Waals surface area (Å²) in [6, 6.07) is 4.86. The summed E-state index contributed by atoms with van der Waals surface area (Å²) in [5.74, 6) is 5.25. The molecule has 0 saturated carbocycles. The zero-order valence-electron chi connectivity index (χ0n) is 10.0. The van der Waals surface area contributed by atoms with E-state index in [0.717, 1.165) is 35.2 Å². The van der Waals surface area contributed by atoms with Gasteiger partial charge in [-0.25, -0.2) is 4.39 Å². The summed E-state index contributed by atoms with van der Waals surface area (Å²) in [5.41, 5.74) is 5.89. The number of aromatic nitrogens is 1. The first kappa shape index (κ1) is 11.8. The molecule has 0 bridgehead atoms. The zero-order chi connectivity index (χ0) is 12.4. The fourth-order valence-corrected chi connectivity index (χ4v) is 2.09. The van der Waals surface area contributed by atoms with Crippen molar-refractivity contribution < 1.29 is 4.39 Å². The van der Waals surface area contributed by atoms with Crippen molar-refractivity contribution in [3.8, 4) is 0 Å². The first-order chi connectivity index (χ1) is 8.15. The van der Waals surface area contributed by atoms with Crippen molar-refractivity contribution in [2.24, 2.45) is 5.84 Å². The molecule has 2 rings (SSSR count). The predicted octanol–water partition coefficient (Wildman–Crippen LogP) is 2.92. The van der Waals surface area contributed by atoms with Crippen LogP contribution in [0.4, 0.5) is 10.1 Å². The summed E-state index contributed by atoms with van der Waals surface area (Å²) in [5, 5.41) is 0.883. The molecule has 0 unspecified atom stereocenters.